The van der Waals surface area contributed by atoms with Gasteiger partial charge in [-0.25, -0.2) is 8.42 Å². The van der Waals surface area contributed by atoms with E-state index in [1.807, 2.05) is 31.2 Å². The van der Waals surface area contributed by atoms with E-state index in [0.29, 0.717) is 18.0 Å². The third-order valence-electron chi connectivity index (χ3n) is 5.29. The first-order chi connectivity index (χ1) is 16.0. The number of likely N-dealkylation sites (N-methyl/N-ethyl adjacent to an activating group) is 1. The normalized spacial score (nSPS) is 11.9. The summed E-state index contributed by atoms with van der Waals surface area (Å²) < 4.78 is 36.8. The van der Waals surface area contributed by atoms with Gasteiger partial charge in [0, 0.05) is 19.2 Å². The molecular formula is C24H33N3O6S. The van der Waals surface area contributed by atoms with Crippen LogP contribution in [0, 0.1) is 6.92 Å². The quantitative estimate of drug-likeness (QED) is 0.517. The Bertz CT molecular complexity index is 1120. The summed E-state index contributed by atoms with van der Waals surface area (Å²) in [4.78, 5) is 27.4. The first-order valence-corrected chi connectivity index (χ1v) is 12.7. The van der Waals surface area contributed by atoms with Crippen LogP contribution in [0.1, 0.15) is 25.0 Å². The second-order valence-electron chi connectivity index (χ2n) is 7.89. The number of benzene rings is 2. The van der Waals surface area contributed by atoms with Gasteiger partial charge in [0.1, 0.15) is 12.6 Å². The lowest BCUT2D eigenvalue weighted by molar-refractivity contribution is -0.139. The van der Waals surface area contributed by atoms with E-state index in [1.165, 1.54) is 31.3 Å². The summed E-state index contributed by atoms with van der Waals surface area (Å²) in [7, 11) is -0.925. The van der Waals surface area contributed by atoms with Crippen LogP contribution in [0.4, 0.5) is 5.69 Å². The van der Waals surface area contributed by atoms with Crippen molar-refractivity contribution in [3.8, 4) is 11.5 Å². The highest BCUT2D eigenvalue weighted by molar-refractivity contribution is 7.92. The first kappa shape index (κ1) is 27.0. The molecule has 186 valence electrons. The van der Waals surface area contributed by atoms with Crippen molar-refractivity contribution >= 4 is 27.5 Å². The van der Waals surface area contributed by atoms with Crippen LogP contribution in [0.15, 0.2) is 42.5 Å². The summed E-state index contributed by atoms with van der Waals surface area (Å²) in [5.74, 6) is -0.0774. The van der Waals surface area contributed by atoms with Gasteiger partial charge < -0.3 is 19.7 Å². The van der Waals surface area contributed by atoms with Gasteiger partial charge in [-0.2, -0.15) is 0 Å². The molecule has 0 aromatic heterocycles. The van der Waals surface area contributed by atoms with Crippen LogP contribution in [0.5, 0.6) is 11.5 Å². The van der Waals surface area contributed by atoms with Crippen molar-refractivity contribution < 1.29 is 27.5 Å². The van der Waals surface area contributed by atoms with Gasteiger partial charge in [-0.05, 0) is 38.5 Å². The number of aryl methyl sites for hydroxylation is 1. The fourth-order valence-corrected chi connectivity index (χ4v) is 4.35. The predicted octanol–water partition coefficient (Wildman–Crippen LogP) is 2.33. The summed E-state index contributed by atoms with van der Waals surface area (Å²) in [5.41, 5.74) is 2.09. The van der Waals surface area contributed by atoms with Gasteiger partial charge in [0.05, 0.1) is 26.2 Å². The van der Waals surface area contributed by atoms with E-state index < -0.39 is 28.5 Å². The highest BCUT2D eigenvalue weighted by Gasteiger charge is 2.30. The molecule has 2 rings (SSSR count). The number of nitrogens with zero attached hydrogens (tertiary/aromatic N) is 2. The van der Waals surface area contributed by atoms with Crippen LogP contribution in [0.2, 0.25) is 0 Å². The zero-order valence-corrected chi connectivity index (χ0v) is 21.3. The summed E-state index contributed by atoms with van der Waals surface area (Å²) in [5, 5.41) is 2.73. The molecule has 10 heteroatoms. The highest BCUT2D eigenvalue weighted by Crippen LogP contribution is 2.32. The number of amides is 2. The number of hydrogen-bond donors (Lipinski definition) is 1. The minimum atomic E-state index is -3.84. The molecule has 0 aliphatic rings. The van der Waals surface area contributed by atoms with E-state index in [4.69, 9.17) is 9.47 Å². The van der Waals surface area contributed by atoms with Crippen LogP contribution >= 0.6 is 0 Å². The Labute approximate surface area is 201 Å². The van der Waals surface area contributed by atoms with Crippen LogP contribution in [0.3, 0.4) is 0 Å². The minimum absolute atomic E-state index is 0.155. The maximum absolute atomic E-state index is 13.5. The van der Waals surface area contributed by atoms with Crippen LogP contribution in [-0.4, -0.2) is 64.7 Å². The number of anilines is 1. The second kappa shape index (κ2) is 11.7. The molecule has 9 nitrogen and oxygen atoms in total. The molecule has 1 N–H and O–H groups in total. The molecule has 0 saturated heterocycles. The second-order valence-corrected chi connectivity index (χ2v) is 9.80. The largest absolute Gasteiger partial charge is 0.493 e. The van der Waals surface area contributed by atoms with Gasteiger partial charge in [-0.1, -0.05) is 29.8 Å². The maximum Gasteiger partial charge on any atom is 0.244 e. The van der Waals surface area contributed by atoms with Gasteiger partial charge in [0.25, 0.3) is 0 Å². The number of ether oxygens (including phenoxy) is 2. The Morgan fingerprint density at radius 1 is 1.06 bits per heavy atom. The summed E-state index contributed by atoms with van der Waals surface area (Å²) in [6, 6.07) is 11.4. The summed E-state index contributed by atoms with van der Waals surface area (Å²) in [6.07, 6.45) is 1.02. The van der Waals surface area contributed by atoms with E-state index >= 15 is 0 Å². The smallest absolute Gasteiger partial charge is 0.244 e. The van der Waals surface area contributed by atoms with Crippen molar-refractivity contribution in [2.24, 2.45) is 0 Å². The molecule has 1 atom stereocenters. The number of carbonyl (C=O) groups is 2. The van der Waals surface area contributed by atoms with E-state index in [9.17, 15) is 18.0 Å². The Hall–Kier alpha value is -3.27. The Morgan fingerprint density at radius 2 is 1.74 bits per heavy atom. The molecule has 2 aromatic rings. The van der Waals surface area contributed by atoms with E-state index in [-0.39, 0.29) is 18.1 Å². The van der Waals surface area contributed by atoms with Gasteiger partial charge >= 0.3 is 0 Å². The zero-order valence-electron chi connectivity index (χ0n) is 20.5. The van der Waals surface area contributed by atoms with Gasteiger partial charge in [0.2, 0.25) is 21.8 Å². The topological polar surface area (TPSA) is 105 Å². The van der Waals surface area contributed by atoms with Crippen molar-refractivity contribution in [3.05, 3.63) is 53.6 Å². The number of hydrogen-bond acceptors (Lipinski definition) is 6. The predicted molar refractivity (Wildman–Crippen MR) is 132 cm³/mol. The SMILES string of the molecule is CCNC(=O)[C@H](C)N(Cc1cccc(C)c1)C(=O)CN(c1ccc(OC)c(OC)c1)S(C)(=O)=O. The Balaban J connectivity index is 2.43. The number of rotatable bonds is 11. The molecule has 0 saturated carbocycles. The first-order valence-electron chi connectivity index (χ1n) is 10.8. The molecule has 0 spiro atoms. The van der Waals surface area contributed by atoms with Crippen LogP contribution in [-0.2, 0) is 26.2 Å². The Morgan fingerprint density at radius 3 is 2.29 bits per heavy atom. The van der Waals surface area contributed by atoms with Gasteiger partial charge in [-0.3, -0.25) is 13.9 Å². The van der Waals surface area contributed by atoms with Gasteiger partial charge in [-0.15, -0.1) is 0 Å². The lowest BCUT2D eigenvalue weighted by atomic mass is 10.1. The average molecular weight is 492 g/mol. The number of methoxy groups -OCH3 is 2. The van der Waals surface area contributed by atoms with Crippen molar-refractivity contribution in [3.63, 3.8) is 0 Å². The average Bonchev–Trinajstić information content (AvgIpc) is 2.79. The number of carbonyl (C=O) groups excluding carboxylic acids is 2. The fourth-order valence-electron chi connectivity index (χ4n) is 3.51. The lowest BCUT2D eigenvalue weighted by Crippen LogP contribution is -2.51. The molecular weight excluding hydrogens is 458 g/mol. The molecule has 2 aromatic carbocycles. The molecule has 0 fully saturated rings. The molecule has 2 amide bonds. The van der Waals surface area contributed by atoms with Crippen molar-refractivity contribution in [2.75, 3.05) is 37.9 Å². The molecule has 0 unspecified atom stereocenters. The van der Waals surface area contributed by atoms with E-state index in [0.717, 1.165) is 21.7 Å². The number of sulfonamides is 1. The van der Waals surface area contributed by atoms with Crippen LogP contribution < -0.4 is 19.1 Å². The maximum atomic E-state index is 13.5. The summed E-state index contributed by atoms with van der Waals surface area (Å²) >= 11 is 0. The zero-order chi connectivity index (χ0) is 25.5. The van der Waals surface area contributed by atoms with Crippen molar-refractivity contribution in [2.45, 2.75) is 33.4 Å². The summed E-state index contributed by atoms with van der Waals surface area (Å²) in [6.45, 7) is 5.44. The fraction of sp³-hybridized carbons (Fsp3) is 0.417. The van der Waals surface area contributed by atoms with Crippen LogP contribution in [0.25, 0.3) is 0 Å². The third kappa shape index (κ3) is 6.86. The minimum Gasteiger partial charge on any atom is -0.493 e. The molecule has 0 bridgehead atoms. The molecule has 0 aliphatic heterocycles. The molecule has 0 aliphatic carbocycles. The molecule has 0 radical (unpaired) electrons. The van der Waals surface area contributed by atoms with Crippen molar-refractivity contribution in [1.82, 2.24) is 10.2 Å². The van der Waals surface area contributed by atoms with E-state index in [1.54, 1.807) is 19.9 Å². The highest BCUT2D eigenvalue weighted by atomic mass is 32.2. The lowest BCUT2D eigenvalue weighted by Gasteiger charge is -2.31. The standard InChI is InChI=1S/C24H33N3O6S/c1-7-25-24(29)18(3)26(15-19-10-8-9-17(2)13-19)23(28)16-27(34(6,30)31)20-11-12-21(32-4)22(14-20)33-5/h8-14,18H,7,15-16H2,1-6H3,(H,25,29)/t18-/m0/s1. The molecule has 34 heavy (non-hydrogen) atoms. The van der Waals surface area contributed by atoms with Gasteiger partial charge in [0.15, 0.2) is 11.5 Å². The molecule has 0 heterocycles. The number of nitrogens with one attached hydrogen (secondary N) is 1. The Kier molecular flexibility index (Phi) is 9.31. The monoisotopic (exact) mass is 491 g/mol. The third-order valence-corrected chi connectivity index (χ3v) is 6.43. The van der Waals surface area contributed by atoms with Crippen molar-refractivity contribution in [1.29, 1.82) is 0 Å². The van der Waals surface area contributed by atoms with E-state index in [2.05, 4.69) is 5.32 Å².